The molecule has 8 heteroatoms. The molecule has 1 aromatic rings. The first kappa shape index (κ1) is 13.4. The van der Waals surface area contributed by atoms with E-state index in [0.29, 0.717) is 6.42 Å². The maximum Gasteiger partial charge on any atom is 0.312 e. The van der Waals surface area contributed by atoms with Crippen molar-refractivity contribution in [2.24, 2.45) is 0 Å². The normalized spacial score (nSPS) is 11.4. The Hall–Kier alpha value is -1.70. The van der Waals surface area contributed by atoms with E-state index < -0.39 is 20.4 Å². The molecule has 1 aromatic heterocycles. The molecule has 0 bridgehead atoms. The Balaban J connectivity index is 3.16. The van der Waals surface area contributed by atoms with Crippen molar-refractivity contribution >= 4 is 21.3 Å². The first-order valence-electron chi connectivity index (χ1n) is 5.01. The van der Waals surface area contributed by atoms with Gasteiger partial charge in [-0.3, -0.25) is 10.1 Å². The number of rotatable bonds is 5. The highest BCUT2D eigenvalue weighted by Gasteiger charge is 2.20. The number of nitrogen functional groups attached to an aromatic ring is 1. The van der Waals surface area contributed by atoms with E-state index in [-0.39, 0.29) is 16.5 Å². The number of pyridine rings is 1. The van der Waals surface area contributed by atoms with Gasteiger partial charge in [-0.2, -0.15) is 0 Å². The predicted molar refractivity (Wildman–Crippen MR) is 62.3 cm³/mol. The summed E-state index contributed by atoms with van der Waals surface area (Å²) in [5.41, 5.74) is 4.80. The van der Waals surface area contributed by atoms with E-state index >= 15 is 0 Å². The quantitative estimate of drug-likeness (QED) is 0.626. The fraction of sp³-hybridized carbons (Fsp3) is 0.444. The summed E-state index contributed by atoms with van der Waals surface area (Å²) in [5, 5.41) is 10.6. The number of nitrogens with two attached hydrogens (primary N) is 1. The van der Waals surface area contributed by atoms with E-state index in [1.54, 1.807) is 0 Å². The fourth-order valence-electron chi connectivity index (χ4n) is 1.21. The van der Waals surface area contributed by atoms with Gasteiger partial charge in [0.05, 0.1) is 15.6 Å². The maximum absolute atomic E-state index is 11.8. The molecule has 1 heterocycles. The van der Waals surface area contributed by atoms with E-state index in [2.05, 4.69) is 4.98 Å². The summed E-state index contributed by atoms with van der Waals surface area (Å²) in [6.07, 6.45) is 2.28. The molecule has 0 aliphatic heterocycles. The Labute approximate surface area is 98.7 Å². The van der Waals surface area contributed by atoms with Gasteiger partial charge >= 0.3 is 5.69 Å². The van der Waals surface area contributed by atoms with Gasteiger partial charge in [0.15, 0.2) is 9.84 Å². The van der Waals surface area contributed by atoms with Crippen LogP contribution in [0.25, 0.3) is 0 Å². The van der Waals surface area contributed by atoms with Crippen LogP contribution in [-0.2, 0) is 9.84 Å². The molecular formula is C9H13N3O4S. The second-order valence-electron chi connectivity index (χ2n) is 3.50. The average Bonchev–Trinajstić information content (AvgIpc) is 2.26. The summed E-state index contributed by atoms with van der Waals surface area (Å²) in [5.74, 6) is -0.337. The van der Waals surface area contributed by atoms with Crippen molar-refractivity contribution in [3.63, 3.8) is 0 Å². The zero-order chi connectivity index (χ0) is 13.1. The van der Waals surface area contributed by atoms with Gasteiger partial charge in [-0.15, -0.1) is 0 Å². The lowest BCUT2D eigenvalue weighted by Gasteiger charge is -2.03. The number of hydrogen-bond donors (Lipinski definition) is 1. The Morgan fingerprint density at radius 3 is 2.71 bits per heavy atom. The Morgan fingerprint density at radius 2 is 2.18 bits per heavy atom. The topological polar surface area (TPSA) is 116 Å². The van der Waals surface area contributed by atoms with E-state index in [1.807, 2.05) is 6.92 Å². The number of nitrogens with zero attached hydrogens (tertiary/aromatic N) is 2. The second-order valence-corrected chi connectivity index (χ2v) is 5.61. The second kappa shape index (κ2) is 5.09. The first-order valence-corrected chi connectivity index (χ1v) is 6.66. The molecule has 0 fully saturated rings. The van der Waals surface area contributed by atoms with Gasteiger partial charge in [0.1, 0.15) is 0 Å². The molecule has 0 amide bonds. The zero-order valence-electron chi connectivity index (χ0n) is 9.29. The van der Waals surface area contributed by atoms with Crippen LogP contribution in [0.2, 0.25) is 0 Å². The van der Waals surface area contributed by atoms with Gasteiger partial charge in [-0.25, -0.2) is 13.4 Å². The maximum atomic E-state index is 11.8. The minimum Gasteiger partial charge on any atom is -0.378 e. The Morgan fingerprint density at radius 1 is 1.53 bits per heavy atom. The van der Waals surface area contributed by atoms with Crippen molar-refractivity contribution in [2.45, 2.75) is 24.7 Å². The summed E-state index contributed by atoms with van der Waals surface area (Å²) in [4.78, 5) is 13.2. The third-order valence-electron chi connectivity index (χ3n) is 2.19. The summed E-state index contributed by atoms with van der Waals surface area (Å²) in [6, 6.07) is 0.952. The lowest BCUT2D eigenvalue weighted by molar-refractivity contribution is -0.384. The van der Waals surface area contributed by atoms with Crippen molar-refractivity contribution in [3.8, 4) is 0 Å². The molecule has 0 unspecified atom stereocenters. The number of nitro groups is 1. The number of hydrogen-bond acceptors (Lipinski definition) is 6. The molecule has 2 N–H and O–H groups in total. The molecule has 0 radical (unpaired) electrons. The lowest BCUT2D eigenvalue weighted by Crippen LogP contribution is -2.09. The molecule has 1 rings (SSSR count). The Bertz CT molecular complexity index is 527. The molecule has 0 spiro atoms. The standard InChI is InChI=1S/C9H13N3O4S/c1-2-3-4-17(15,16)7-5-8(12(13)14)9(10)11-6-7/h5-6H,2-4H2,1H3,(H2,10,11). The van der Waals surface area contributed by atoms with Gasteiger partial charge in [0, 0.05) is 12.3 Å². The fourth-order valence-corrected chi connectivity index (χ4v) is 2.62. The third-order valence-corrected chi connectivity index (χ3v) is 3.96. The van der Waals surface area contributed by atoms with Crippen molar-refractivity contribution in [1.29, 1.82) is 0 Å². The van der Waals surface area contributed by atoms with E-state index in [1.165, 1.54) is 0 Å². The van der Waals surface area contributed by atoms with Gasteiger partial charge < -0.3 is 5.73 Å². The summed E-state index contributed by atoms with van der Waals surface area (Å²) in [7, 11) is -3.52. The highest BCUT2D eigenvalue weighted by molar-refractivity contribution is 7.91. The molecule has 0 aliphatic rings. The number of anilines is 1. The van der Waals surface area contributed by atoms with Crippen LogP contribution < -0.4 is 5.73 Å². The predicted octanol–water partition coefficient (Wildman–Crippen LogP) is 1.15. The van der Waals surface area contributed by atoms with Crippen molar-refractivity contribution in [2.75, 3.05) is 11.5 Å². The van der Waals surface area contributed by atoms with Crippen LogP contribution in [0.4, 0.5) is 11.5 Å². The highest BCUT2D eigenvalue weighted by Crippen LogP contribution is 2.23. The van der Waals surface area contributed by atoms with Gasteiger partial charge in [0.2, 0.25) is 5.82 Å². The molecule has 7 nitrogen and oxygen atoms in total. The molecule has 94 valence electrons. The number of aromatic nitrogens is 1. The Kier molecular flexibility index (Phi) is 4.00. The summed E-state index contributed by atoms with van der Waals surface area (Å²) in [6.45, 7) is 1.86. The minimum absolute atomic E-state index is 0.0494. The molecule has 0 saturated carbocycles. The zero-order valence-corrected chi connectivity index (χ0v) is 10.1. The highest BCUT2D eigenvalue weighted by atomic mass is 32.2. The first-order chi connectivity index (χ1) is 7.88. The van der Waals surface area contributed by atoms with Crippen molar-refractivity contribution in [1.82, 2.24) is 4.98 Å². The van der Waals surface area contributed by atoms with Crippen LogP contribution >= 0.6 is 0 Å². The van der Waals surface area contributed by atoms with Crippen LogP contribution in [-0.4, -0.2) is 24.1 Å². The minimum atomic E-state index is -3.52. The van der Waals surface area contributed by atoms with Crippen LogP contribution in [0.5, 0.6) is 0 Å². The number of sulfone groups is 1. The van der Waals surface area contributed by atoms with Crippen molar-refractivity contribution < 1.29 is 13.3 Å². The van der Waals surface area contributed by atoms with Gasteiger partial charge in [0.25, 0.3) is 0 Å². The van der Waals surface area contributed by atoms with E-state index in [4.69, 9.17) is 5.73 Å². The summed E-state index contributed by atoms with van der Waals surface area (Å²) < 4.78 is 23.5. The van der Waals surface area contributed by atoms with E-state index in [9.17, 15) is 18.5 Å². The lowest BCUT2D eigenvalue weighted by atomic mass is 10.4. The SMILES string of the molecule is CCCCS(=O)(=O)c1cnc(N)c([N+](=O)[O-])c1. The largest absolute Gasteiger partial charge is 0.378 e. The van der Waals surface area contributed by atoms with Crippen LogP contribution in [0.3, 0.4) is 0 Å². The van der Waals surface area contributed by atoms with Gasteiger partial charge in [-0.05, 0) is 6.42 Å². The van der Waals surface area contributed by atoms with Crippen LogP contribution in [0.1, 0.15) is 19.8 Å². The molecular weight excluding hydrogens is 246 g/mol. The monoisotopic (exact) mass is 259 g/mol. The molecule has 0 saturated heterocycles. The van der Waals surface area contributed by atoms with E-state index in [0.717, 1.165) is 18.7 Å². The molecule has 0 atom stereocenters. The average molecular weight is 259 g/mol. The molecule has 0 aliphatic carbocycles. The third kappa shape index (κ3) is 3.13. The van der Waals surface area contributed by atoms with Crippen LogP contribution in [0, 0.1) is 10.1 Å². The van der Waals surface area contributed by atoms with Crippen LogP contribution in [0.15, 0.2) is 17.2 Å². The molecule has 17 heavy (non-hydrogen) atoms. The molecule has 0 aromatic carbocycles. The van der Waals surface area contributed by atoms with Gasteiger partial charge in [-0.1, -0.05) is 13.3 Å². The summed E-state index contributed by atoms with van der Waals surface area (Å²) >= 11 is 0. The number of unbranched alkanes of at least 4 members (excludes halogenated alkanes) is 1. The van der Waals surface area contributed by atoms with Crippen molar-refractivity contribution in [3.05, 3.63) is 22.4 Å². The smallest absolute Gasteiger partial charge is 0.312 e.